The molecule has 2 aliphatic carbocycles. The standard InChI is InChI=1S/2C13H18.2C12H17N.C4H10.C2H6.6CH4.B/c2*1-10(2)12-8-7-11-5-3-4-6-13(11)9-12;1-9(2)10-3-4-12-8-13-6-5-11(12)7-10;1-9(2)11-4-3-10-5-6-13-8-12(10)7-11;1-4(2)3;1-2;;;;;;;/h2*7-10H,3-6H2,1-2H3;2*3-4,7,9,13H,5-6,8H2,1-2H3;4H,1-3H3;1-2H3;6*1H4;. The van der Waals surface area contributed by atoms with Crippen LogP contribution in [0.2, 0.25) is 0 Å². The minimum absolute atomic E-state index is 0. The van der Waals surface area contributed by atoms with Crippen LogP contribution in [0, 0.1) is 5.92 Å². The number of hydrogen-bond donors (Lipinski definition) is 2. The van der Waals surface area contributed by atoms with E-state index in [2.05, 4.69) is 160 Å². The number of rotatable bonds is 4. The average molecular weight is 894 g/mol. The molecule has 4 aromatic carbocycles. The molecule has 0 saturated carbocycles. The van der Waals surface area contributed by atoms with Crippen molar-refractivity contribution in [1.29, 1.82) is 0 Å². The first-order chi connectivity index (χ1) is 27.8. The number of nitrogens with one attached hydrogen (secondary N) is 2. The Bertz CT molecular complexity index is 1510. The molecular weight excluding hydrogens is 784 g/mol. The lowest BCUT2D eigenvalue weighted by atomic mass is 9.88. The fourth-order valence-corrected chi connectivity index (χ4v) is 7.94. The highest BCUT2D eigenvalue weighted by Gasteiger charge is 2.13. The molecule has 0 unspecified atom stereocenters. The van der Waals surface area contributed by atoms with Gasteiger partial charge in [-0.05, 0) is 174 Å². The second-order valence-electron chi connectivity index (χ2n) is 18.7. The minimum atomic E-state index is 0. The second kappa shape index (κ2) is 37.9. The van der Waals surface area contributed by atoms with Crippen molar-refractivity contribution in [3.63, 3.8) is 0 Å². The molecule has 2 heterocycles. The largest absolute Gasteiger partial charge is 0.312 e. The van der Waals surface area contributed by atoms with Crippen molar-refractivity contribution in [2.45, 2.75) is 236 Å². The highest BCUT2D eigenvalue weighted by molar-refractivity contribution is 5.75. The van der Waals surface area contributed by atoms with Gasteiger partial charge in [0.05, 0.1) is 0 Å². The molecule has 2 nitrogen and oxygen atoms in total. The van der Waals surface area contributed by atoms with Crippen LogP contribution in [0.25, 0.3) is 0 Å². The normalized spacial score (nSPS) is 13.4. The van der Waals surface area contributed by atoms with E-state index in [0.29, 0.717) is 23.7 Å². The van der Waals surface area contributed by atoms with Gasteiger partial charge < -0.3 is 10.6 Å². The molecule has 371 valence electrons. The van der Waals surface area contributed by atoms with E-state index in [1.165, 1.54) is 103 Å². The molecule has 2 aliphatic heterocycles. The fourth-order valence-electron chi connectivity index (χ4n) is 7.94. The van der Waals surface area contributed by atoms with E-state index in [9.17, 15) is 0 Å². The maximum atomic E-state index is 3.41. The van der Waals surface area contributed by atoms with Crippen LogP contribution < -0.4 is 10.6 Å². The lowest BCUT2D eigenvalue weighted by Crippen LogP contribution is -2.23. The van der Waals surface area contributed by atoms with Crippen LogP contribution in [-0.2, 0) is 51.6 Å². The van der Waals surface area contributed by atoms with Crippen molar-refractivity contribution in [2.24, 2.45) is 5.92 Å². The SMILES string of the molecule is C.C.C.C.C.C.CC.CC(C)C.CC(C)c1ccc2c(c1)CCCC2.CC(C)c1ccc2c(c1)CCCC2.CC(C)c1ccc2c(c1)CCNC2.CC(C)c1ccc2c(c1)CNCC2.[B]. The van der Waals surface area contributed by atoms with E-state index in [4.69, 9.17) is 0 Å². The van der Waals surface area contributed by atoms with Crippen LogP contribution in [0.15, 0.2) is 72.8 Å². The molecular formula is C62H110BN2. The molecule has 4 aliphatic rings. The number of hydrogen-bond acceptors (Lipinski definition) is 2. The summed E-state index contributed by atoms with van der Waals surface area (Å²) in [5, 5.41) is 6.80. The fraction of sp³-hybridized carbons (Fsp3) is 0.613. The first-order valence-electron chi connectivity index (χ1n) is 23.7. The Morgan fingerprint density at radius 3 is 0.877 bits per heavy atom. The van der Waals surface area contributed by atoms with Crippen molar-refractivity contribution in [3.05, 3.63) is 140 Å². The van der Waals surface area contributed by atoms with Gasteiger partial charge in [0.25, 0.3) is 0 Å². The molecule has 0 spiro atoms. The molecule has 0 saturated heterocycles. The predicted molar refractivity (Wildman–Crippen MR) is 304 cm³/mol. The van der Waals surface area contributed by atoms with Crippen molar-refractivity contribution in [2.75, 3.05) is 13.1 Å². The Morgan fingerprint density at radius 2 is 0.554 bits per heavy atom. The summed E-state index contributed by atoms with van der Waals surface area (Å²) in [6.45, 7) is 32.9. The van der Waals surface area contributed by atoms with Crippen molar-refractivity contribution in [3.8, 4) is 0 Å². The number of fused-ring (bicyclic) bond motifs is 4. The van der Waals surface area contributed by atoms with Gasteiger partial charge in [-0.25, -0.2) is 0 Å². The summed E-state index contributed by atoms with van der Waals surface area (Å²) in [7, 11) is 0. The highest BCUT2D eigenvalue weighted by Crippen LogP contribution is 2.27. The first-order valence-corrected chi connectivity index (χ1v) is 23.7. The van der Waals surface area contributed by atoms with Gasteiger partial charge in [-0.1, -0.05) is 207 Å². The number of aryl methyl sites for hydroxylation is 4. The Labute approximate surface area is 411 Å². The molecule has 0 atom stereocenters. The van der Waals surface area contributed by atoms with Crippen LogP contribution in [-0.4, -0.2) is 21.5 Å². The lowest BCUT2D eigenvalue weighted by molar-refractivity contribution is 0.641. The van der Waals surface area contributed by atoms with Gasteiger partial charge in [-0.3, -0.25) is 0 Å². The van der Waals surface area contributed by atoms with Crippen LogP contribution in [0.1, 0.15) is 251 Å². The molecule has 3 radical (unpaired) electrons. The summed E-state index contributed by atoms with van der Waals surface area (Å²) < 4.78 is 0. The summed E-state index contributed by atoms with van der Waals surface area (Å²) >= 11 is 0. The lowest BCUT2D eigenvalue weighted by Gasteiger charge is -2.18. The monoisotopic (exact) mass is 894 g/mol. The van der Waals surface area contributed by atoms with Crippen LogP contribution in [0.5, 0.6) is 0 Å². The van der Waals surface area contributed by atoms with E-state index >= 15 is 0 Å². The van der Waals surface area contributed by atoms with E-state index < -0.39 is 0 Å². The Morgan fingerprint density at radius 1 is 0.323 bits per heavy atom. The zero-order valence-corrected chi connectivity index (χ0v) is 40.3. The highest BCUT2D eigenvalue weighted by atomic mass is 14.9. The molecule has 8 rings (SSSR count). The summed E-state index contributed by atoms with van der Waals surface area (Å²) in [5.74, 6) is 3.48. The molecule has 2 N–H and O–H groups in total. The zero-order chi connectivity index (χ0) is 42.6. The van der Waals surface area contributed by atoms with Crippen LogP contribution in [0.3, 0.4) is 0 Å². The third-order valence-electron chi connectivity index (χ3n) is 11.6. The molecule has 0 aromatic heterocycles. The number of benzene rings is 4. The summed E-state index contributed by atoms with van der Waals surface area (Å²) in [4.78, 5) is 0. The van der Waals surface area contributed by atoms with Gasteiger partial charge in [0.1, 0.15) is 0 Å². The smallest absolute Gasteiger partial charge is 0.0208 e. The van der Waals surface area contributed by atoms with E-state index in [0.717, 1.165) is 32.1 Å². The summed E-state index contributed by atoms with van der Waals surface area (Å²) in [6, 6.07) is 27.9. The van der Waals surface area contributed by atoms with Crippen molar-refractivity contribution in [1.82, 2.24) is 10.6 Å². The van der Waals surface area contributed by atoms with Gasteiger partial charge in [0.15, 0.2) is 0 Å². The van der Waals surface area contributed by atoms with Gasteiger partial charge in [0, 0.05) is 21.5 Å². The summed E-state index contributed by atoms with van der Waals surface area (Å²) in [5.41, 5.74) is 18.4. The van der Waals surface area contributed by atoms with E-state index in [1.54, 1.807) is 27.8 Å². The van der Waals surface area contributed by atoms with Gasteiger partial charge in [-0.15, -0.1) is 0 Å². The predicted octanol–water partition coefficient (Wildman–Crippen LogP) is 18.4. The van der Waals surface area contributed by atoms with Crippen LogP contribution in [0.4, 0.5) is 0 Å². The molecule has 0 amide bonds. The third kappa shape index (κ3) is 24.5. The third-order valence-corrected chi connectivity index (χ3v) is 11.6. The zero-order valence-electron chi connectivity index (χ0n) is 40.3. The quantitative estimate of drug-likeness (QED) is 0.200. The molecule has 3 heteroatoms. The van der Waals surface area contributed by atoms with Crippen molar-refractivity contribution >= 4 is 8.41 Å². The molecule has 0 fully saturated rings. The van der Waals surface area contributed by atoms with Crippen molar-refractivity contribution < 1.29 is 0 Å². The van der Waals surface area contributed by atoms with Crippen LogP contribution >= 0.6 is 0 Å². The Balaban J connectivity index is -0.000000228. The van der Waals surface area contributed by atoms with E-state index in [1.807, 2.05) is 13.8 Å². The minimum Gasteiger partial charge on any atom is -0.312 e. The molecule has 0 bridgehead atoms. The Hall–Kier alpha value is -3.14. The topological polar surface area (TPSA) is 24.1 Å². The maximum Gasteiger partial charge on any atom is 0.0208 e. The maximum absolute atomic E-state index is 3.41. The van der Waals surface area contributed by atoms with Gasteiger partial charge >= 0.3 is 0 Å². The molecule has 65 heavy (non-hydrogen) atoms. The average Bonchev–Trinajstić information content (AvgIpc) is 3.24. The second-order valence-corrected chi connectivity index (χ2v) is 18.7. The van der Waals surface area contributed by atoms with Gasteiger partial charge in [0.2, 0.25) is 0 Å². The van der Waals surface area contributed by atoms with Gasteiger partial charge in [-0.2, -0.15) is 0 Å². The first kappa shape index (κ1) is 70.9. The Kier molecular flexibility index (Phi) is 41.3. The molecule has 4 aromatic rings. The summed E-state index contributed by atoms with van der Waals surface area (Å²) in [6.07, 6.45) is 13.1. The van der Waals surface area contributed by atoms with E-state index in [-0.39, 0.29) is 53.0 Å².